The Bertz CT molecular complexity index is 769. The number of amides is 2. The average Bonchev–Trinajstić information content (AvgIpc) is 2.60. The zero-order chi connectivity index (χ0) is 19.3. The number of nitrogens with one attached hydrogen (secondary N) is 2. The van der Waals surface area contributed by atoms with Crippen LogP contribution in [0.2, 0.25) is 0 Å². The molecule has 2 aromatic rings. The molecule has 6 nitrogen and oxygen atoms in total. The van der Waals surface area contributed by atoms with Crippen molar-refractivity contribution in [1.82, 2.24) is 0 Å². The van der Waals surface area contributed by atoms with Gasteiger partial charge in [0.25, 0.3) is 0 Å². The second-order valence-electron chi connectivity index (χ2n) is 5.04. The largest absolute Gasteiger partial charge is 0.493 e. The van der Waals surface area contributed by atoms with Crippen LogP contribution in [0.25, 0.3) is 0 Å². The van der Waals surface area contributed by atoms with Gasteiger partial charge in [-0.25, -0.2) is 4.79 Å². The van der Waals surface area contributed by atoms with Gasteiger partial charge in [0.05, 0.1) is 38.3 Å². The van der Waals surface area contributed by atoms with E-state index >= 15 is 0 Å². The fourth-order valence-corrected chi connectivity index (χ4v) is 2.28. The number of hydrogen-bond acceptors (Lipinski definition) is 4. The molecule has 0 heterocycles. The number of methoxy groups -OCH3 is 3. The van der Waals surface area contributed by atoms with E-state index in [0.29, 0.717) is 5.75 Å². The van der Waals surface area contributed by atoms with Crippen LogP contribution in [0.1, 0.15) is 5.56 Å². The normalized spacial score (nSPS) is 10.8. The summed E-state index contributed by atoms with van der Waals surface area (Å²) in [7, 11) is 4.23. The lowest BCUT2D eigenvalue weighted by Gasteiger charge is -2.16. The summed E-state index contributed by atoms with van der Waals surface area (Å²) < 4.78 is 54.4. The maximum atomic E-state index is 13.0. The molecule has 0 bridgehead atoms. The van der Waals surface area contributed by atoms with E-state index in [1.807, 2.05) is 0 Å². The van der Waals surface area contributed by atoms with Crippen molar-refractivity contribution >= 4 is 17.4 Å². The van der Waals surface area contributed by atoms with E-state index in [2.05, 4.69) is 10.6 Å². The molecule has 0 aliphatic carbocycles. The number of alkyl halides is 3. The van der Waals surface area contributed by atoms with E-state index in [9.17, 15) is 18.0 Å². The summed E-state index contributed by atoms with van der Waals surface area (Å²) in [5.74, 6) is 0.902. The first-order chi connectivity index (χ1) is 12.3. The fraction of sp³-hybridized carbons (Fsp3) is 0.235. The summed E-state index contributed by atoms with van der Waals surface area (Å²) in [6, 6.07) is 6.74. The highest BCUT2D eigenvalue weighted by molar-refractivity contribution is 6.00. The second kappa shape index (κ2) is 7.85. The number of rotatable bonds is 5. The molecule has 2 aromatic carbocycles. The lowest BCUT2D eigenvalue weighted by atomic mass is 10.1. The highest BCUT2D eigenvalue weighted by Gasteiger charge is 2.33. The predicted molar refractivity (Wildman–Crippen MR) is 90.2 cm³/mol. The van der Waals surface area contributed by atoms with Gasteiger partial charge in [0.15, 0.2) is 11.5 Å². The summed E-state index contributed by atoms with van der Waals surface area (Å²) >= 11 is 0. The van der Waals surface area contributed by atoms with Crippen LogP contribution in [0.3, 0.4) is 0 Å². The highest BCUT2D eigenvalue weighted by atomic mass is 19.4. The molecule has 0 radical (unpaired) electrons. The molecule has 0 spiro atoms. The van der Waals surface area contributed by atoms with Crippen molar-refractivity contribution in [3.8, 4) is 17.2 Å². The topological polar surface area (TPSA) is 68.8 Å². The number of urea groups is 1. The number of ether oxygens (including phenoxy) is 3. The van der Waals surface area contributed by atoms with Gasteiger partial charge in [0, 0.05) is 12.1 Å². The first kappa shape index (κ1) is 19.2. The van der Waals surface area contributed by atoms with Gasteiger partial charge in [-0.3, -0.25) is 0 Å². The molecular formula is C17H17F3N2O4. The Balaban J connectivity index is 2.24. The average molecular weight is 370 g/mol. The van der Waals surface area contributed by atoms with Crippen molar-refractivity contribution in [3.63, 3.8) is 0 Å². The Kier molecular flexibility index (Phi) is 5.81. The Morgan fingerprint density at radius 1 is 0.923 bits per heavy atom. The summed E-state index contributed by atoms with van der Waals surface area (Å²) in [5.41, 5.74) is -1.05. The minimum atomic E-state index is -4.59. The zero-order valence-electron chi connectivity index (χ0n) is 14.2. The maximum absolute atomic E-state index is 13.0. The van der Waals surface area contributed by atoms with Crippen LogP contribution in [-0.2, 0) is 6.18 Å². The van der Waals surface area contributed by atoms with E-state index in [1.54, 1.807) is 0 Å². The van der Waals surface area contributed by atoms with Gasteiger partial charge in [0.1, 0.15) is 0 Å². The Hall–Kier alpha value is -3.10. The first-order valence-corrected chi connectivity index (χ1v) is 7.34. The summed E-state index contributed by atoms with van der Waals surface area (Å²) in [5, 5.41) is 4.62. The van der Waals surface area contributed by atoms with Crippen LogP contribution >= 0.6 is 0 Å². The predicted octanol–water partition coefficient (Wildman–Crippen LogP) is 4.38. The van der Waals surface area contributed by atoms with Gasteiger partial charge in [-0.2, -0.15) is 13.2 Å². The number of para-hydroxylation sites is 1. The van der Waals surface area contributed by atoms with Gasteiger partial charge >= 0.3 is 12.2 Å². The van der Waals surface area contributed by atoms with Crippen LogP contribution in [0.4, 0.5) is 29.3 Å². The molecular weight excluding hydrogens is 353 g/mol. The van der Waals surface area contributed by atoms with E-state index in [-0.39, 0.29) is 22.9 Å². The standard InChI is InChI=1S/C17H17F3N2O4/c1-24-13-8-10(9-14(25-2)15(13)26-3)21-16(23)22-12-7-5-4-6-11(12)17(18,19)20/h4-9H,1-3H3,(H2,21,22,23). The first-order valence-electron chi connectivity index (χ1n) is 7.34. The third-order valence-electron chi connectivity index (χ3n) is 3.40. The third-order valence-corrected chi connectivity index (χ3v) is 3.40. The molecule has 2 N–H and O–H groups in total. The fourth-order valence-electron chi connectivity index (χ4n) is 2.28. The van der Waals surface area contributed by atoms with E-state index in [4.69, 9.17) is 14.2 Å². The van der Waals surface area contributed by atoms with Crippen LogP contribution in [-0.4, -0.2) is 27.4 Å². The molecule has 9 heteroatoms. The number of anilines is 2. The SMILES string of the molecule is COc1cc(NC(=O)Nc2ccccc2C(F)(F)F)cc(OC)c1OC. The van der Waals surface area contributed by atoms with Crippen molar-refractivity contribution in [1.29, 1.82) is 0 Å². The number of hydrogen-bond donors (Lipinski definition) is 2. The van der Waals surface area contributed by atoms with Crippen molar-refractivity contribution < 1.29 is 32.2 Å². The number of halogens is 3. The lowest BCUT2D eigenvalue weighted by molar-refractivity contribution is -0.136. The Morgan fingerprint density at radius 3 is 2.00 bits per heavy atom. The molecule has 0 aliphatic heterocycles. The van der Waals surface area contributed by atoms with Crippen molar-refractivity contribution in [2.45, 2.75) is 6.18 Å². The van der Waals surface area contributed by atoms with Crippen LogP contribution < -0.4 is 24.8 Å². The molecule has 2 rings (SSSR count). The van der Waals surface area contributed by atoms with Crippen molar-refractivity contribution in [2.24, 2.45) is 0 Å². The quantitative estimate of drug-likeness (QED) is 0.820. The molecule has 0 aromatic heterocycles. The van der Waals surface area contributed by atoms with Crippen LogP contribution in [0.5, 0.6) is 17.2 Å². The summed E-state index contributed by atoms with van der Waals surface area (Å²) in [4.78, 5) is 12.1. The molecule has 0 aliphatic rings. The van der Waals surface area contributed by atoms with E-state index in [0.717, 1.165) is 12.1 Å². The van der Waals surface area contributed by atoms with Gasteiger partial charge < -0.3 is 24.8 Å². The molecule has 0 saturated heterocycles. The van der Waals surface area contributed by atoms with Crippen LogP contribution in [0, 0.1) is 0 Å². The van der Waals surface area contributed by atoms with Gasteiger partial charge in [-0.15, -0.1) is 0 Å². The summed E-state index contributed by atoms with van der Waals surface area (Å²) in [6.45, 7) is 0. The third kappa shape index (κ3) is 4.29. The highest BCUT2D eigenvalue weighted by Crippen LogP contribution is 2.40. The van der Waals surface area contributed by atoms with Crippen molar-refractivity contribution in [2.75, 3.05) is 32.0 Å². The molecule has 0 atom stereocenters. The van der Waals surface area contributed by atoms with Gasteiger partial charge in [-0.05, 0) is 12.1 Å². The van der Waals surface area contributed by atoms with E-state index in [1.165, 1.54) is 45.6 Å². The molecule has 2 amide bonds. The minimum absolute atomic E-state index is 0.251. The molecule has 0 fully saturated rings. The molecule has 140 valence electrons. The zero-order valence-corrected chi connectivity index (χ0v) is 14.2. The lowest BCUT2D eigenvalue weighted by Crippen LogP contribution is -2.22. The van der Waals surface area contributed by atoms with Crippen LogP contribution in [0.15, 0.2) is 36.4 Å². The second-order valence-corrected chi connectivity index (χ2v) is 5.04. The minimum Gasteiger partial charge on any atom is -0.493 e. The number of carbonyl (C=O) groups is 1. The molecule has 0 unspecified atom stereocenters. The Labute approximate surface area is 147 Å². The number of carbonyl (C=O) groups excluding carboxylic acids is 1. The van der Waals surface area contributed by atoms with E-state index < -0.39 is 17.8 Å². The van der Waals surface area contributed by atoms with Gasteiger partial charge in [0.2, 0.25) is 5.75 Å². The maximum Gasteiger partial charge on any atom is 0.418 e. The molecule has 0 saturated carbocycles. The molecule has 26 heavy (non-hydrogen) atoms. The smallest absolute Gasteiger partial charge is 0.418 e. The summed E-state index contributed by atoms with van der Waals surface area (Å²) in [6.07, 6.45) is -4.59. The monoisotopic (exact) mass is 370 g/mol. The van der Waals surface area contributed by atoms with Crippen molar-refractivity contribution in [3.05, 3.63) is 42.0 Å². The number of benzene rings is 2. The Morgan fingerprint density at radius 2 is 1.50 bits per heavy atom. The van der Waals surface area contributed by atoms with Gasteiger partial charge in [-0.1, -0.05) is 12.1 Å².